The first-order valence-electron chi connectivity index (χ1n) is 18.8. The fourth-order valence-corrected chi connectivity index (χ4v) is 7.23. The van der Waals surface area contributed by atoms with Crippen LogP contribution in [0.3, 0.4) is 0 Å². The van der Waals surface area contributed by atoms with Gasteiger partial charge in [-0.2, -0.15) is 5.10 Å². The van der Waals surface area contributed by atoms with Crippen molar-refractivity contribution in [3.05, 3.63) is 71.0 Å². The molecular formula is C40H54N8O4. The first-order chi connectivity index (χ1) is 25.3. The van der Waals surface area contributed by atoms with Crippen molar-refractivity contribution in [2.24, 2.45) is 0 Å². The van der Waals surface area contributed by atoms with Crippen molar-refractivity contribution in [2.75, 3.05) is 45.3 Å². The number of aryl methyl sites for hydroxylation is 2. The number of nitrogens with zero attached hydrogens (tertiary/aromatic N) is 4. The lowest BCUT2D eigenvalue weighted by Crippen LogP contribution is -2.48. The zero-order chi connectivity index (χ0) is 36.5. The van der Waals surface area contributed by atoms with E-state index in [1.54, 1.807) is 7.11 Å². The molecule has 0 aliphatic carbocycles. The zero-order valence-electron chi connectivity index (χ0n) is 31.1. The molecule has 2 fully saturated rings. The molecule has 2 saturated heterocycles. The molecule has 12 heteroatoms. The number of benzene rings is 2. The van der Waals surface area contributed by atoms with Crippen LogP contribution in [0.1, 0.15) is 68.8 Å². The van der Waals surface area contributed by atoms with Crippen molar-refractivity contribution in [1.82, 2.24) is 35.6 Å². The van der Waals surface area contributed by atoms with E-state index in [4.69, 9.17) is 14.5 Å². The van der Waals surface area contributed by atoms with Gasteiger partial charge in [-0.3, -0.25) is 14.5 Å². The number of amides is 2. The molecule has 0 unspecified atom stereocenters. The summed E-state index contributed by atoms with van der Waals surface area (Å²) in [5.74, 6) is 0.428. The Hall–Kier alpha value is -4.52. The lowest BCUT2D eigenvalue weighted by Gasteiger charge is -2.31. The molecule has 4 heterocycles. The number of anilines is 1. The largest absolute Gasteiger partial charge is 0.496 e. The molecule has 0 saturated carbocycles. The number of rotatable bonds is 15. The third-order valence-corrected chi connectivity index (χ3v) is 10.1. The summed E-state index contributed by atoms with van der Waals surface area (Å²) in [6, 6.07) is 15.3. The minimum atomic E-state index is -0.180. The predicted molar refractivity (Wildman–Crippen MR) is 204 cm³/mol. The Balaban J connectivity index is 1.05. The molecule has 2 amide bonds. The summed E-state index contributed by atoms with van der Waals surface area (Å²) < 4.78 is 13.2. The number of hydrogen-bond donors (Lipinski definition) is 4. The van der Waals surface area contributed by atoms with E-state index in [1.807, 2.05) is 23.0 Å². The first-order valence-corrected chi connectivity index (χ1v) is 18.8. The third-order valence-electron chi connectivity index (χ3n) is 10.1. The molecule has 12 nitrogen and oxygen atoms in total. The standard InChI is InChI=1S/C40H54N8O4/c1-5-35-33(39(45-31-14-18-52-19-15-31)34-24-44-48(6-2)40(34)46-35)23-43-38(50)13-12-37(49)42-22-28-10-11-36(51-4)32(21-28)30-9-7-8-29(20-30)26-47-17-16-41-27(3)25-47/h7-11,20-21,24,27,31,41H,5-6,12-19,22-23,25-26H2,1-4H3,(H,42,49)(H,43,50)(H,45,46)/t27-/m1/s1. The maximum atomic E-state index is 13.1. The number of ether oxygens (including phenoxy) is 2. The summed E-state index contributed by atoms with van der Waals surface area (Å²) in [6.45, 7) is 13.2. The molecular weight excluding hydrogens is 656 g/mol. The number of pyridine rings is 1. The topological polar surface area (TPSA) is 135 Å². The number of carbonyl (C=O) groups excluding carboxylic acids is 2. The van der Waals surface area contributed by atoms with Crippen LogP contribution in [0.4, 0.5) is 5.69 Å². The molecule has 4 N–H and O–H groups in total. The van der Waals surface area contributed by atoms with Gasteiger partial charge in [0.1, 0.15) is 5.75 Å². The number of aromatic nitrogens is 3. The molecule has 1 atom stereocenters. The van der Waals surface area contributed by atoms with Crippen LogP contribution in [0.2, 0.25) is 0 Å². The van der Waals surface area contributed by atoms with E-state index >= 15 is 0 Å². The van der Waals surface area contributed by atoms with Crippen molar-refractivity contribution in [3.63, 3.8) is 0 Å². The molecule has 278 valence electrons. The maximum Gasteiger partial charge on any atom is 0.220 e. The van der Waals surface area contributed by atoms with Gasteiger partial charge in [0.15, 0.2) is 5.65 Å². The van der Waals surface area contributed by atoms with Gasteiger partial charge in [0.2, 0.25) is 11.8 Å². The summed E-state index contributed by atoms with van der Waals surface area (Å²) in [5, 5.41) is 18.9. The Kier molecular flexibility index (Phi) is 12.8. The van der Waals surface area contributed by atoms with Gasteiger partial charge >= 0.3 is 0 Å². The van der Waals surface area contributed by atoms with Gasteiger partial charge in [-0.05, 0) is 68.0 Å². The average molecular weight is 711 g/mol. The quantitative estimate of drug-likeness (QED) is 0.138. The van der Waals surface area contributed by atoms with Crippen molar-refractivity contribution in [2.45, 2.75) is 91.1 Å². The van der Waals surface area contributed by atoms with Gasteiger partial charge < -0.3 is 30.7 Å². The molecule has 0 spiro atoms. The molecule has 6 rings (SSSR count). The van der Waals surface area contributed by atoms with E-state index in [9.17, 15) is 9.59 Å². The van der Waals surface area contributed by atoms with Gasteiger partial charge in [-0.15, -0.1) is 0 Å². The fraction of sp³-hybridized carbons (Fsp3) is 0.500. The van der Waals surface area contributed by atoms with Crippen molar-refractivity contribution < 1.29 is 19.1 Å². The van der Waals surface area contributed by atoms with Crippen molar-refractivity contribution in [1.29, 1.82) is 0 Å². The minimum absolute atomic E-state index is 0.0893. The summed E-state index contributed by atoms with van der Waals surface area (Å²) in [5.41, 5.74) is 7.99. The van der Waals surface area contributed by atoms with E-state index in [0.29, 0.717) is 19.1 Å². The maximum absolute atomic E-state index is 13.1. The fourth-order valence-electron chi connectivity index (χ4n) is 7.23. The van der Waals surface area contributed by atoms with Gasteiger partial charge in [-0.1, -0.05) is 31.2 Å². The van der Waals surface area contributed by atoms with E-state index in [0.717, 1.165) is 116 Å². The van der Waals surface area contributed by atoms with Crippen LogP contribution in [0.15, 0.2) is 48.7 Å². The lowest BCUT2D eigenvalue weighted by atomic mass is 9.99. The predicted octanol–water partition coefficient (Wildman–Crippen LogP) is 4.79. The van der Waals surface area contributed by atoms with Crippen LogP contribution < -0.4 is 26.0 Å². The molecule has 2 aliphatic heterocycles. The number of hydrogen-bond acceptors (Lipinski definition) is 9. The van der Waals surface area contributed by atoms with E-state index < -0.39 is 0 Å². The summed E-state index contributed by atoms with van der Waals surface area (Å²) >= 11 is 0. The number of carbonyl (C=O) groups is 2. The van der Waals surface area contributed by atoms with Crippen LogP contribution in [0, 0.1) is 0 Å². The average Bonchev–Trinajstić information content (AvgIpc) is 3.59. The zero-order valence-corrected chi connectivity index (χ0v) is 31.1. The van der Waals surface area contributed by atoms with Gasteiger partial charge in [-0.25, -0.2) is 9.67 Å². The van der Waals surface area contributed by atoms with Crippen LogP contribution in [0.5, 0.6) is 5.75 Å². The van der Waals surface area contributed by atoms with Gasteiger partial charge in [0.05, 0.1) is 24.4 Å². The van der Waals surface area contributed by atoms with Crippen LogP contribution >= 0.6 is 0 Å². The first kappa shape index (κ1) is 37.2. The van der Waals surface area contributed by atoms with Gasteiger partial charge in [0, 0.05) is 101 Å². The highest BCUT2D eigenvalue weighted by molar-refractivity contribution is 5.92. The van der Waals surface area contributed by atoms with E-state index in [-0.39, 0.29) is 30.7 Å². The smallest absolute Gasteiger partial charge is 0.220 e. The number of methoxy groups -OCH3 is 1. The molecule has 0 bridgehead atoms. The second kappa shape index (κ2) is 17.8. The Labute approximate surface area is 307 Å². The summed E-state index contributed by atoms with van der Waals surface area (Å²) in [7, 11) is 1.68. The Morgan fingerprint density at radius 3 is 2.54 bits per heavy atom. The molecule has 4 aromatic rings. The lowest BCUT2D eigenvalue weighted by molar-refractivity contribution is -0.126. The molecule has 2 aromatic carbocycles. The highest BCUT2D eigenvalue weighted by Crippen LogP contribution is 2.33. The van der Waals surface area contributed by atoms with Crippen LogP contribution in [0.25, 0.3) is 22.2 Å². The highest BCUT2D eigenvalue weighted by atomic mass is 16.5. The second-order valence-electron chi connectivity index (χ2n) is 13.9. The summed E-state index contributed by atoms with van der Waals surface area (Å²) in [6.07, 6.45) is 4.59. The Morgan fingerprint density at radius 1 is 1.02 bits per heavy atom. The SMILES string of the molecule is CCc1nc2c(cnn2CC)c(NC2CCOCC2)c1CNC(=O)CCC(=O)NCc1ccc(OC)c(-c2cccc(CN3CCN[C@H](C)C3)c2)c1. The monoisotopic (exact) mass is 710 g/mol. The Bertz CT molecular complexity index is 1840. The number of fused-ring (bicyclic) bond motifs is 1. The minimum Gasteiger partial charge on any atom is -0.496 e. The number of piperazine rings is 1. The highest BCUT2D eigenvalue weighted by Gasteiger charge is 2.22. The van der Waals surface area contributed by atoms with E-state index in [2.05, 4.69) is 82.4 Å². The number of nitrogens with one attached hydrogen (secondary N) is 4. The molecule has 2 aliphatic rings. The van der Waals surface area contributed by atoms with Crippen molar-refractivity contribution in [3.8, 4) is 16.9 Å². The molecule has 52 heavy (non-hydrogen) atoms. The molecule has 2 aromatic heterocycles. The normalized spacial score (nSPS) is 16.9. The van der Waals surface area contributed by atoms with Crippen LogP contribution in [-0.2, 0) is 46.9 Å². The molecule has 0 radical (unpaired) electrons. The van der Waals surface area contributed by atoms with Gasteiger partial charge in [0.25, 0.3) is 0 Å². The van der Waals surface area contributed by atoms with E-state index in [1.165, 1.54) is 5.56 Å². The Morgan fingerprint density at radius 2 is 1.81 bits per heavy atom. The van der Waals surface area contributed by atoms with Crippen molar-refractivity contribution >= 4 is 28.5 Å². The third kappa shape index (κ3) is 9.28. The second-order valence-corrected chi connectivity index (χ2v) is 13.9. The summed E-state index contributed by atoms with van der Waals surface area (Å²) in [4.78, 5) is 33.4. The van der Waals surface area contributed by atoms with Crippen LogP contribution in [-0.4, -0.2) is 83.5 Å².